The van der Waals surface area contributed by atoms with E-state index in [0.717, 1.165) is 6.42 Å². The van der Waals surface area contributed by atoms with Gasteiger partial charge in [-0.1, -0.05) is 12.1 Å². The van der Waals surface area contributed by atoms with Gasteiger partial charge in [0, 0.05) is 26.7 Å². The van der Waals surface area contributed by atoms with Crippen LogP contribution >= 0.6 is 0 Å². The number of benzene rings is 1. The fourth-order valence-corrected chi connectivity index (χ4v) is 1.94. The zero-order valence-corrected chi connectivity index (χ0v) is 10.2. The molecular weight excluding hydrogens is 237 g/mol. The third kappa shape index (κ3) is 2.68. The van der Waals surface area contributed by atoms with Gasteiger partial charge >= 0.3 is 0 Å². The highest BCUT2D eigenvalue weighted by molar-refractivity contribution is 5.94. The maximum atomic E-state index is 13.4. The molecule has 1 N–H and O–H groups in total. The van der Waals surface area contributed by atoms with Crippen LogP contribution in [-0.2, 0) is 9.47 Å². The molecule has 1 saturated heterocycles. The molecule has 5 heteroatoms. The van der Waals surface area contributed by atoms with Crippen LogP contribution in [0.2, 0.25) is 0 Å². The van der Waals surface area contributed by atoms with Crippen molar-refractivity contribution in [2.45, 2.75) is 12.0 Å². The van der Waals surface area contributed by atoms with Gasteiger partial charge in [0.25, 0.3) is 5.91 Å². The van der Waals surface area contributed by atoms with E-state index in [-0.39, 0.29) is 5.56 Å². The summed E-state index contributed by atoms with van der Waals surface area (Å²) in [5.74, 6) is -0.958. The molecular formula is C13H16FNO3. The molecule has 98 valence electrons. The molecule has 1 heterocycles. The van der Waals surface area contributed by atoms with E-state index in [2.05, 4.69) is 5.32 Å². The van der Waals surface area contributed by atoms with Crippen molar-refractivity contribution in [3.05, 3.63) is 35.6 Å². The summed E-state index contributed by atoms with van der Waals surface area (Å²) >= 11 is 0. The van der Waals surface area contributed by atoms with Crippen molar-refractivity contribution < 1.29 is 18.7 Å². The predicted molar refractivity (Wildman–Crippen MR) is 63.9 cm³/mol. The van der Waals surface area contributed by atoms with Crippen molar-refractivity contribution in [2.24, 2.45) is 0 Å². The first kappa shape index (κ1) is 13.0. The van der Waals surface area contributed by atoms with Gasteiger partial charge in [-0.2, -0.15) is 0 Å². The van der Waals surface area contributed by atoms with E-state index in [4.69, 9.17) is 9.47 Å². The highest BCUT2D eigenvalue weighted by Gasteiger charge is 2.35. The molecule has 1 unspecified atom stereocenters. The summed E-state index contributed by atoms with van der Waals surface area (Å²) in [5, 5.41) is 2.69. The van der Waals surface area contributed by atoms with Crippen LogP contribution in [0.1, 0.15) is 16.8 Å². The zero-order chi connectivity index (χ0) is 13.0. The van der Waals surface area contributed by atoms with Crippen LogP contribution in [0.4, 0.5) is 4.39 Å². The molecule has 1 atom stereocenters. The Morgan fingerprint density at radius 2 is 2.33 bits per heavy atom. The number of ether oxygens (including phenoxy) is 2. The molecule has 0 aliphatic carbocycles. The Kier molecular flexibility index (Phi) is 3.93. The third-order valence-electron chi connectivity index (χ3n) is 3.19. The Morgan fingerprint density at radius 1 is 1.56 bits per heavy atom. The van der Waals surface area contributed by atoms with Crippen molar-refractivity contribution in [3.63, 3.8) is 0 Å². The number of hydrogen-bond donors (Lipinski definition) is 1. The van der Waals surface area contributed by atoms with Crippen LogP contribution in [-0.4, -0.2) is 38.4 Å². The van der Waals surface area contributed by atoms with Crippen molar-refractivity contribution in [2.75, 3.05) is 26.9 Å². The minimum atomic E-state index is -0.524. The van der Waals surface area contributed by atoms with Crippen LogP contribution in [0.3, 0.4) is 0 Å². The van der Waals surface area contributed by atoms with E-state index in [0.29, 0.717) is 19.8 Å². The number of carbonyl (C=O) groups is 1. The molecule has 18 heavy (non-hydrogen) atoms. The van der Waals surface area contributed by atoms with E-state index < -0.39 is 17.3 Å². The molecule has 1 aliphatic heterocycles. The Morgan fingerprint density at radius 3 is 2.94 bits per heavy atom. The van der Waals surface area contributed by atoms with Gasteiger partial charge in [-0.15, -0.1) is 0 Å². The van der Waals surface area contributed by atoms with E-state index in [9.17, 15) is 9.18 Å². The summed E-state index contributed by atoms with van der Waals surface area (Å²) in [5.41, 5.74) is -0.441. The number of rotatable bonds is 4. The first-order valence-corrected chi connectivity index (χ1v) is 5.82. The Bertz CT molecular complexity index is 430. The normalized spacial score (nSPS) is 23.0. The molecule has 1 amide bonds. The average Bonchev–Trinajstić information content (AvgIpc) is 2.86. The number of carbonyl (C=O) groups excluding carboxylic acids is 1. The average molecular weight is 253 g/mol. The summed E-state index contributed by atoms with van der Waals surface area (Å²) < 4.78 is 24.0. The van der Waals surface area contributed by atoms with Crippen molar-refractivity contribution in [3.8, 4) is 0 Å². The molecule has 0 bridgehead atoms. The summed E-state index contributed by atoms with van der Waals surface area (Å²) in [6.45, 7) is 1.38. The second-order valence-electron chi connectivity index (χ2n) is 4.35. The molecule has 1 aliphatic rings. The summed E-state index contributed by atoms with van der Waals surface area (Å²) in [6, 6.07) is 5.89. The van der Waals surface area contributed by atoms with Crippen LogP contribution in [0.15, 0.2) is 24.3 Å². The minimum Gasteiger partial charge on any atom is -0.378 e. The van der Waals surface area contributed by atoms with Gasteiger partial charge < -0.3 is 14.8 Å². The first-order valence-electron chi connectivity index (χ1n) is 5.82. The van der Waals surface area contributed by atoms with Gasteiger partial charge in [0.2, 0.25) is 0 Å². The van der Waals surface area contributed by atoms with Crippen LogP contribution in [0, 0.1) is 5.82 Å². The smallest absolute Gasteiger partial charge is 0.254 e. The molecule has 1 aromatic carbocycles. The van der Waals surface area contributed by atoms with E-state index in [1.165, 1.54) is 12.1 Å². The van der Waals surface area contributed by atoms with E-state index >= 15 is 0 Å². The SMILES string of the molecule is COC1(CNC(=O)c2ccccc2F)CCOC1. The summed E-state index contributed by atoms with van der Waals surface area (Å²) in [6.07, 6.45) is 0.723. The summed E-state index contributed by atoms with van der Waals surface area (Å²) in [4.78, 5) is 11.8. The van der Waals surface area contributed by atoms with Crippen molar-refractivity contribution >= 4 is 5.91 Å². The number of amides is 1. The van der Waals surface area contributed by atoms with Crippen molar-refractivity contribution in [1.82, 2.24) is 5.32 Å². The fraction of sp³-hybridized carbons (Fsp3) is 0.462. The Labute approximate surface area is 105 Å². The topological polar surface area (TPSA) is 47.6 Å². The number of hydrogen-bond acceptors (Lipinski definition) is 3. The van der Waals surface area contributed by atoms with Gasteiger partial charge in [0.05, 0.1) is 12.2 Å². The maximum Gasteiger partial charge on any atom is 0.254 e. The maximum absolute atomic E-state index is 13.4. The quantitative estimate of drug-likeness (QED) is 0.881. The van der Waals surface area contributed by atoms with Crippen LogP contribution in [0.5, 0.6) is 0 Å². The lowest BCUT2D eigenvalue weighted by Gasteiger charge is -2.25. The molecule has 1 fully saturated rings. The van der Waals surface area contributed by atoms with Crippen LogP contribution in [0.25, 0.3) is 0 Å². The summed E-state index contributed by atoms with van der Waals surface area (Å²) in [7, 11) is 1.59. The van der Waals surface area contributed by atoms with Gasteiger partial charge in [-0.3, -0.25) is 4.79 Å². The monoisotopic (exact) mass is 253 g/mol. The Hall–Kier alpha value is -1.46. The number of halogens is 1. The third-order valence-corrected chi connectivity index (χ3v) is 3.19. The van der Waals surface area contributed by atoms with E-state index in [1.54, 1.807) is 19.2 Å². The molecule has 0 saturated carbocycles. The van der Waals surface area contributed by atoms with Gasteiger partial charge in [0.1, 0.15) is 11.4 Å². The molecule has 4 nitrogen and oxygen atoms in total. The highest BCUT2D eigenvalue weighted by atomic mass is 19.1. The molecule has 0 radical (unpaired) electrons. The lowest BCUT2D eigenvalue weighted by molar-refractivity contribution is -0.0149. The lowest BCUT2D eigenvalue weighted by Crippen LogP contribution is -2.45. The number of methoxy groups -OCH3 is 1. The molecule has 0 spiro atoms. The molecule has 2 rings (SSSR count). The molecule has 1 aromatic rings. The minimum absolute atomic E-state index is 0.0441. The lowest BCUT2D eigenvalue weighted by atomic mass is 10.0. The van der Waals surface area contributed by atoms with E-state index in [1.807, 2.05) is 0 Å². The standard InChI is InChI=1S/C13H16FNO3/c1-17-13(6-7-18-9-13)8-15-12(16)10-4-2-3-5-11(10)14/h2-5H,6-9H2,1H3,(H,15,16). The zero-order valence-electron chi connectivity index (χ0n) is 10.2. The van der Waals surface area contributed by atoms with Gasteiger partial charge in [0.15, 0.2) is 0 Å². The highest BCUT2D eigenvalue weighted by Crippen LogP contribution is 2.21. The largest absolute Gasteiger partial charge is 0.378 e. The predicted octanol–water partition coefficient (Wildman–Crippen LogP) is 1.36. The Balaban J connectivity index is 1.98. The first-order chi connectivity index (χ1) is 8.67. The van der Waals surface area contributed by atoms with Gasteiger partial charge in [-0.05, 0) is 12.1 Å². The molecule has 0 aromatic heterocycles. The van der Waals surface area contributed by atoms with Crippen LogP contribution < -0.4 is 5.32 Å². The fourth-order valence-electron chi connectivity index (χ4n) is 1.94. The second-order valence-corrected chi connectivity index (χ2v) is 4.35. The number of nitrogens with one attached hydrogen (secondary N) is 1. The van der Waals surface area contributed by atoms with Crippen molar-refractivity contribution in [1.29, 1.82) is 0 Å². The van der Waals surface area contributed by atoms with Gasteiger partial charge in [-0.25, -0.2) is 4.39 Å². The second kappa shape index (κ2) is 5.46.